The summed E-state index contributed by atoms with van der Waals surface area (Å²) >= 11 is 0. The molecule has 0 spiro atoms. The largest absolute Gasteiger partial charge is 0.497 e. The van der Waals surface area contributed by atoms with Crippen LogP contribution in [0, 0.1) is 23.7 Å². The van der Waals surface area contributed by atoms with Gasteiger partial charge >= 0.3 is 0 Å². The highest BCUT2D eigenvalue weighted by Gasteiger charge is 2.59. The quantitative estimate of drug-likeness (QED) is 0.671. The number of imide groups is 1. The molecule has 1 aromatic rings. The van der Waals surface area contributed by atoms with Gasteiger partial charge in [0.2, 0.25) is 17.7 Å². The monoisotopic (exact) mass is 326 g/mol. The van der Waals surface area contributed by atoms with Crippen LogP contribution in [0.4, 0.5) is 5.69 Å². The Hall–Kier alpha value is -2.63. The molecule has 1 N–H and O–H groups in total. The second-order valence-electron chi connectivity index (χ2n) is 6.54. The number of nitrogens with one attached hydrogen (secondary N) is 1. The maximum Gasteiger partial charge on any atom is 0.244 e. The van der Waals surface area contributed by atoms with Crippen LogP contribution < -0.4 is 10.1 Å². The average molecular weight is 326 g/mol. The predicted octanol–water partition coefficient (Wildman–Crippen LogP) is 1.44. The van der Waals surface area contributed by atoms with Gasteiger partial charge in [0.25, 0.3) is 0 Å². The van der Waals surface area contributed by atoms with Gasteiger partial charge in [-0.15, -0.1) is 0 Å². The van der Waals surface area contributed by atoms with Crippen LogP contribution in [0.5, 0.6) is 5.75 Å². The van der Waals surface area contributed by atoms with Gasteiger partial charge in [-0.2, -0.15) is 0 Å². The molecule has 1 saturated carbocycles. The Morgan fingerprint density at radius 3 is 2.50 bits per heavy atom. The number of allylic oxidation sites excluding steroid dienone is 2. The van der Waals surface area contributed by atoms with Crippen LogP contribution in [0.1, 0.15) is 6.42 Å². The highest BCUT2D eigenvalue weighted by Crippen LogP contribution is 2.52. The normalized spacial score (nSPS) is 30.0. The Bertz CT molecular complexity index is 727. The molecule has 1 aliphatic heterocycles. The number of carbonyl (C=O) groups excluding carboxylic acids is 3. The molecule has 1 heterocycles. The molecular weight excluding hydrogens is 308 g/mol. The Labute approximate surface area is 139 Å². The van der Waals surface area contributed by atoms with Gasteiger partial charge in [-0.05, 0) is 30.4 Å². The fraction of sp³-hybridized carbons (Fsp3) is 0.389. The first-order valence-corrected chi connectivity index (χ1v) is 8.06. The van der Waals surface area contributed by atoms with Crippen LogP contribution in [-0.2, 0) is 14.4 Å². The van der Waals surface area contributed by atoms with Gasteiger partial charge in [-0.1, -0.05) is 18.2 Å². The van der Waals surface area contributed by atoms with E-state index < -0.39 is 0 Å². The fourth-order valence-corrected chi connectivity index (χ4v) is 4.16. The summed E-state index contributed by atoms with van der Waals surface area (Å²) in [5.41, 5.74) is 0.570. The lowest BCUT2D eigenvalue weighted by Gasteiger charge is -2.17. The number of hydrogen-bond acceptors (Lipinski definition) is 4. The molecule has 0 unspecified atom stereocenters. The Morgan fingerprint density at radius 2 is 1.88 bits per heavy atom. The highest BCUT2D eigenvalue weighted by molar-refractivity contribution is 6.09. The number of carbonyl (C=O) groups is 3. The molecule has 0 radical (unpaired) electrons. The van der Waals surface area contributed by atoms with Gasteiger partial charge in [0.05, 0.1) is 18.9 Å². The second kappa shape index (κ2) is 5.47. The summed E-state index contributed by atoms with van der Waals surface area (Å²) < 4.78 is 5.11. The lowest BCUT2D eigenvalue weighted by Crippen LogP contribution is -2.39. The van der Waals surface area contributed by atoms with E-state index in [2.05, 4.69) is 5.32 Å². The molecule has 4 atom stereocenters. The number of rotatable bonds is 4. The van der Waals surface area contributed by atoms with Crippen molar-refractivity contribution in [2.45, 2.75) is 6.42 Å². The topological polar surface area (TPSA) is 75.7 Å². The number of ether oxygens (including phenoxy) is 1. The van der Waals surface area contributed by atoms with Gasteiger partial charge in [0.15, 0.2) is 0 Å². The van der Waals surface area contributed by atoms with E-state index in [4.69, 9.17) is 4.74 Å². The minimum absolute atomic E-state index is 0.155. The summed E-state index contributed by atoms with van der Waals surface area (Å²) in [7, 11) is 1.55. The minimum Gasteiger partial charge on any atom is -0.497 e. The van der Waals surface area contributed by atoms with E-state index in [1.807, 2.05) is 12.2 Å². The summed E-state index contributed by atoms with van der Waals surface area (Å²) in [6.45, 7) is -0.235. The standard InChI is InChI=1S/C18H18N2O4/c1-24-13-4-2-3-12(8-13)19-14(21)9-20-17(22)15-10-5-6-11(7-10)16(15)18(20)23/h2-6,8,10-11,15-16H,7,9H2,1H3,(H,19,21)/t10-,11+,15-,16+. The molecule has 3 aliphatic rings. The lowest BCUT2D eigenvalue weighted by molar-refractivity contribution is -0.143. The van der Waals surface area contributed by atoms with E-state index in [9.17, 15) is 14.4 Å². The predicted molar refractivity (Wildman–Crippen MR) is 86.1 cm³/mol. The molecule has 6 nitrogen and oxygen atoms in total. The SMILES string of the molecule is COc1cccc(NC(=O)CN2C(=O)[C@@H]3[C@H](C2=O)[C@@H]2C=C[C@H]3C2)c1. The Kier molecular flexibility index (Phi) is 3.40. The third kappa shape index (κ3) is 2.21. The molecule has 6 heteroatoms. The van der Waals surface area contributed by atoms with Gasteiger partial charge < -0.3 is 10.1 Å². The van der Waals surface area contributed by atoms with E-state index in [1.165, 1.54) is 0 Å². The van der Waals surface area contributed by atoms with Crippen molar-refractivity contribution < 1.29 is 19.1 Å². The number of likely N-dealkylation sites (tertiary alicyclic amines) is 1. The number of fused-ring (bicyclic) bond motifs is 5. The van der Waals surface area contributed by atoms with Crippen molar-refractivity contribution in [3.63, 3.8) is 0 Å². The molecule has 3 amide bonds. The van der Waals surface area contributed by atoms with Crippen molar-refractivity contribution in [2.75, 3.05) is 19.0 Å². The minimum atomic E-state index is -0.384. The molecule has 124 valence electrons. The number of hydrogen-bond donors (Lipinski definition) is 1. The lowest BCUT2D eigenvalue weighted by atomic mass is 9.85. The molecule has 2 fully saturated rings. The van der Waals surface area contributed by atoms with Crippen LogP contribution in [0.25, 0.3) is 0 Å². The molecule has 0 aromatic heterocycles. The average Bonchev–Trinajstić information content (AvgIpc) is 3.25. The smallest absolute Gasteiger partial charge is 0.244 e. The van der Waals surface area contributed by atoms with Crippen LogP contribution in [0.15, 0.2) is 36.4 Å². The second-order valence-corrected chi connectivity index (χ2v) is 6.54. The van der Waals surface area contributed by atoms with Crippen molar-refractivity contribution in [3.05, 3.63) is 36.4 Å². The number of benzene rings is 1. The van der Waals surface area contributed by atoms with E-state index in [0.29, 0.717) is 11.4 Å². The number of anilines is 1. The summed E-state index contributed by atoms with van der Waals surface area (Å²) in [4.78, 5) is 38.5. The third-order valence-corrected chi connectivity index (χ3v) is 5.22. The summed E-state index contributed by atoms with van der Waals surface area (Å²) in [5.74, 6) is -0.395. The fourth-order valence-electron chi connectivity index (χ4n) is 4.16. The molecule has 24 heavy (non-hydrogen) atoms. The van der Waals surface area contributed by atoms with E-state index in [1.54, 1.807) is 31.4 Å². The molecule has 1 saturated heterocycles. The number of nitrogens with zero attached hydrogens (tertiary/aromatic N) is 1. The zero-order valence-electron chi connectivity index (χ0n) is 13.3. The van der Waals surface area contributed by atoms with E-state index in [0.717, 1.165) is 11.3 Å². The zero-order chi connectivity index (χ0) is 16.8. The van der Waals surface area contributed by atoms with Crippen LogP contribution in [0.3, 0.4) is 0 Å². The van der Waals surface area contributed by atoms with Gasteiger partial charge in [-0.25, -0.2) is 0 Å². The highest BCUT2D eigenvalue weighted by atomic mass is 16.5. The zero-order valence-corrected chi connectivity index (χ0v) is 13.3. The first-order chi connectivity index (χ1) is 11.6. The summed E-state index contributed by atoms with van der Waals surface area (Å²) in [6.07, 6.45) is 4.96. The van der Waals surface area contributed by atoms with Crippen molar-refractivity contribution in [2.24, 2.45) is 23.7 Å². The van der Waals surface area contributed by atoms with E-state index in [-0.39, 0.29) is 47.9 Å². The van der Waals surface area contributed by atoms with Gasteiger partial charge in [0.1, 0.15) is 12.3 Å². The van der Waals surface area contributed by atoms with Gasteiger partial charge in [-0.3, -0.25) is 19.3 Å². The molecular formula is C18H18N2O4. The summed E-state index contributed by atoms with van der Waals surface area (Å²) in [5, 5.41) is 2.71. The first-order valence-electron chi connectivity index (χ1n) is 8.06. The maximum atomic E-state index is 12.5. The van der Waals surface area contributed by atoms with Gasteiger partial charge in [0, 0.05) is 11.8 Å². The molecule has 2 bridgehead atoms. The maximum absolute atomic E-state index is 12.5. The van der Waals surface area contributed by atoms with E-state index >= 15 is 0 Å². The third-order valence-electron chi connectivity index (χ3n) is 5.22. The number of methoxy groups -OCH3 is 1. The van der Waals surface area contributed by atoms with Crippen LogP contribution in [0.2, 0.25) is 0 Å². The molecule has 1 aromatic carbocycles. The molecule has 2 aliphatic carbocycles. The Morgan fingerprint density at radius 1 is 1.21 bits per heavy atom. The Balaban J connectivity index is 1.45. The van der Waals surface area contributed by atoms with Crippen molar-refractivity contribution >= 4 is 23.4 Å². The van der Waals surface area contributed by atoms with Crippen LogP contribution >= 0.6 is 0 Å². The number of amides is 3. The first kappa shape index (κ1) is 14.9. The van der Waals surface area contributed by atoms with Crippen molar-refractivity contribution in [1.29, 1.82) is 0 Å². The molecule has 4 rings (SSSR count). The van der Waals surface area contributed by atoms with Crippen molar-refractivity contribution in [3.8, 4) is 5.75 Å². The van der Waals surface area contributed by atoms with Crippen LogP contribution in [-0.4, -0.2) is 36.3 Å². The van der Waals surface area contributed by atoms with Crippen molar-refractivity contribution in [1.82, 2.24) is 4.90 Å². The summed E-state index contributed by atoms with van der Waals surface area (Å²) in [6, 6.07) is 6.94.